The second-order valence-corrected chi connectivity index (χ2v) is 14.5. The van der Waals surface area contributed by atoms with Crippen molar-refractivity contribution in [2.24, 2.45) is 0 Å². The summed E-state index contributed by atoms with van der Waals surface area (Å²) in [4.78, 5) is 31.3. The van der Waals surface area contributed by atoms with E-state index in [1.807, 2.05) is 26.0 Å². The van der Waals surface area contributed by atoms with Gasteiger partial charge in [-0.15, -0.1) is 38.7 Å². The maximum Gasteiger partial charge on any atom is 0.341 e. The van der Waals surface area contributed by atoms with Crippen LogP contribution in [0.3, 0.4) is 0 Å². The summed E-state index contributed by atoms with van der Waals surface area (Å²) in [6.07, 6.45) is 7.74. The molecule has 306 valence electrons. The standard InChI is InChI=1S/C45H54N2O9.ClH/c1-7-11-31-23-36-29(5)38(25-46-15-19-51-20-16-46)44(49)55-42(36)34(13-9-3)40(31)53-27-33(48)28-54-41-32(12-8-2)24-37-30(6)39(26-47-17-21-52-22-18-47)45(50)56-43(37)35(41)14-10-4;/h7-10,23-24,33,48H,1-4,11-22,25-28H2,5-6H3;1H. The number of halogens is 1. The number of morpholine rings is 2. The lowest BCUT2D eigenvalue weighted by atomic mass is 9.95. The van der Waals surface area contributed by atoms with Crippen LogP contribution in [-0.2, 0) is 48.2 Å². The molecule has 0 aliphatic carbocycles. The molecule has 0 unspecified atom stereocenters. The molecule has 2 saturated heterocycles. The number of hydrogen-bond donors (Lipinski definition) is 1. The van der Waals surface area contributed by atoms with Crippen LogP contribution in [0.5, 0.6) is 11.5 Å². The number of rotatable bonds is 18. The SMILES string of the molecule is C=CCc1cc2c(C)c(CN3CCOCC3)c(=O)oc2c(CC=C)c1OCC(O)COc1c(CC=C)cc2c(C)c(CN3CCOCC3)c(=O)oc2c1CC=C.Cl. The summed E-state index contributed by atoms with van der Waals surface area (Å²) < 4.78 is 35.8. The Morgan fingerprint density at radius 2 is 1.02 bits per heavy atom. The normalized spacial score (nSPS) is 15.1. The van der Waals surface area contributed by atoms with E-state index in [0.717, 1.165) is 59.2 Å². The van der Waals surface area contributed by atoms with Crippen LogP contribution in [0.4, 0.5) is 0 Å². The number of aliphatic hydroxyl groups is 1. The molecular formula is C45H55ClN2O9. The van der Waals surface area contributed by atoms with Crippen molar-refractivity contribution in [3.8, 4) is 11.5 Å². The van der Waals surface area contributed by atoms with Crippen molar-refractivity contribution < 1.29 is 32.9 Å². The second-order valence-electron chi connectivity index (χ2n) is 14.5. The number of fused-ring (bicyclic) bond motifs is 2. The highest BCUT2D eigenvalue weighted by Crippen LogP contribution is 2.37. The van der Waals surface area contributed by atoms with Gasteiger partial charge in [-0.05, 0) is 73.9 Å². The van der Waals surface area contributed by atoms with Crippen LogP contribution in [-0.4, -0.2) is 86.8 Å². The van der Waals surface area contributed by atoms with Crippen LogP contribution in [0.25, 0.3) is 21.9 Å². The number of aryl methyl sites for hydroxylation is 2. The number of benzene rings is 2. The summed E-state index contributed by atoms with van der Waals surface area (Å²) in [7, 11) is 0. The van der Waals surface area contributed by atoms with Crippen LogP contribution in [0.15, 0.2) is 81.2 Å². The fraction of sp³-hybridized carbons (Fsp3) is 0.422. The molecule has 0 spiro atoms. The fourth-order valence-corrected chi connectivity index (χ4v) is 7.63. The van der Waals surface area contributed by atoms with Gasteiger partial charge < -0.3 is 32.9 Å². The van der Waals surface area contributed by atoms with E-state index in [2.05, 4.69) is 36.1 Å². The highest BCUT2D eigenvalue weighted by atomic mass is 35.5. The summed E-state index contributed by atoms with van der Waals surface area (Å²) >= 11 is 0. The first kappa shape index (κ1) is 43.6. The van der Waals surface area contributed by atoms with Crippen LogP contribution < -0.4 is 20.7 Å². The third-order valence-corrected chi connectivity index (χ3v) is 10.6. The Morgan fingerprint density at radius 1 is 0.649 bits per heavy atom. The van der Waals surface area contributed by atoms with E-state index in [4.69, 9.17) is 27.8 Å². The van der Waals surface area contributed by atoms with Crippen LogP contribution >= 0.6 is 12.4 Å². The van der Waals surface area contributed by atoms with Crippen molar-refractivity contribution in [1.82, 2.24) is 9.80 Å². The van der Waals surface area contributed by atoms with Crippen LogP contribution in [0.1, 0.15) is 44.5 Å². The molecule has 4 aromatic rings. The number of allylic oxidation sites excluding steroid dienone is 4. The zero-order valence-electron chi connectivity index (χ0n) is 33.2. The van der Waals surface area contributed by atoms with E-state index in [1.54, 1.807) is 24.3 Å². The predicted octanol–water partition coefficient (Wildman–Crippen LogP) is 6.34. The molecule has 0 saturated carbocycles. The van der Waals surface area contributed by atoms with E-state index >= 15 is 0 Å². The molecule has 2 aliphatic heterocycles. The molecule has 6 rings (SSSR count). The van der Waals surface area contributed by atoms with Gasteiger partial charge in [0.2, 0.25) is 0 Å². The van der Waals surface area contributed by atoms with Gasteiger partial charge in [-0.2, -0.15) is 0 Å². The maximum absolute atomic E-state index is 13.5. The van der Waals surface area contributed by atoms with Gasteiger partial charge in [-0.25, -0.2) is 9.59 Å². The van der Waals surface area contributed by atoms with E-state index in [-0.39, 0.29) is 36.9 Å². The lowest BCUT2D eigenvalue weighted by molar-refractivity contribution is 0.0336. The third kappa shape index (κ3) is 9.80. The first-order valence-corrected chi connectivity index (χ1v) is 19.4. The minimum atomic E-state index is -1.06. The van der Waals surface area contributed by atoms with Crippen molar-refractivity contribution in [3.05, 3.63) is 128 Å². The van der Waals surface area contributed by atoms with Crippen molar-refractivity contribution in [3.63, 3.8) is 0 Å². The molecule has 11 nitrogen and oxygen atoms in total. The second kappa shape index (κ2) is 20.3. The molecule has 2 fully saturated rings. The predicted molar refractivity (Wildman–Crippen MR) is 226 cm³/mol. The Bertz CT molecular complexity index is 2060. The van der Waals surface area contributed by atoms with Crippen molar-refractivity contribution in [2.75, 3.05) is 65.8 Å². The van der Waals surface area contributed by atoms with E-state index in [0.29, 0.717) is 110 Å². The molecule has 57 heavy (non-hydrogen) atoms. The highest BCUT2D eigenvalue weighted by molar-refractivity contribution is 5.88. The Hall–Kier alpha value is -4.49. The average Bonchev–Trinajstić information content (AvgIpc) is 3.19. The minimum absolute atomic E-state index is 0. The van der Waals surface area contributed by atoms with Gasteiger partial charge in [0.25, 0.3) is 0 Å². The van der Waals surface area contributed by atoms with Gasteiger partial charge in [0.05, 0.1) is 37.6 Å². The monoisotopic (exact) mass is 802 g/mol. The van der Waals surface area contributed by atoms with Crippen LogP contribution in [0.2, 0.25) is 0 Å². The molecule has 0 bridgehead atoms. The number of ether oxygens (including phenoxy) is 4. The number of aliphatic hydroxyl groups excluding tert-OH is 1. The molecule has 4 heterocycles. The van der Waals surface area contributed by atoms with Gasteiger partial charge >= 0.3 is 11.3 Å². The quantitative estimate of drug-likeness (QED) is 0.0897. The van der Waals surface area contributed by atoms with E-state index < -0.39 is 6.10 Å². The maximum atomic E-state index is 13.5. The van der Waals surface area contributed by atoms with E-state index in [1.165, 1.54) is 0 Å². The minimum Gasteiger partial charge on any atom is -0.490 e. The molecule has 2 aromatic heterocycles. The molecule has 0 amide bonds. The van der Waals surface area contributed by atoms with Crippen molar-refractivity contribution in [1.29, 1.82) is 0 Å². The van der Waals surface area contributed by atoms with Crippen LogP contribution in [0, 0.1) is 13.8 Å². The van der Waals surface area contributed by atoms with E-state index in [9.17, 15) is 14.7 Å². The Balaban J connectivity index is 0.00000620. The summed E-state index contributed by atoms with van der Waals surface area (Å²) in [5, 5.41) is 13.0. The lowest BCUT2D eigenvalue weighted by Gasteiger charge is -2.27. The van der Waals surface area contributed by atoms with Gasteiger partial charge in [-0.3, -0.25) is 9.80 Å². The Labute approximate surface area is 340 Å². The molecule has 1 N–H and O–H groups in total. The van der Waals surface area contributed by atoms with Crippen molar-refractivity contribution in [2.45, 2.75) is 58.7 Å². The summed E-state index contributed by atoms with van der Waals surface area (Å²) in [6, 6.07) is 3.98. The largest absolute Gasteiger partial charge is 0.490 e. The first-order chi connectivity index (χ1) is 27.2. The molecule has 0 atom stereocenters. The van der Waals surface area contributed by atoms with Gasteiger partial charge in [0.15, 0.2) is 0 Å². The highest BCUT2D eigenvalue weighted by Gasteiger charge is 2.25. The average molecular weight is 803 g/mol. The molecule has 0 radical (unpaired) electrons. The van der Waals surface area contributed by atoms with Gasteiger partial charge in [0.1, 0.15) is 42.0 Å². The molecule has 12 heteroatoms. The van der Waals surface area contributed by atoms with Gasteiger partial charge in [-0.1, -0.05) is 24.3 Å². The Morgan fingerprint density at radius 3 is 1.37 bits per heavy atom. The summed E-state index contributed by atoms with van der Waals surface area (Å²) in [5.74, 6) is 1.02. The fourth-order valence-electron chi connectivity index (χ4n) is 7.63. The number of nitrogens with zero attached hydrogens (tertiary/aromatic N) is 2. The lowest BCUT2D eigenvalue weighted by Crippen LogP contribution is -2.37. The Kier molecular flexibility index (Phi) is 15.5. The topological polar surface area (TPSA) is 124 Å². The zero-order valence-corrected chi connectivity index (χ0v) is 34.0. The number of hydrogen-bond acceptors (Lipinski definition) is 11. The first-order valence-electron chi connectivity index (χ1n) is 19.4. The zero-order chi connectivity index (χ0) is 39.8. The summed E-state index contributed by atoms with van der Waals surface area (Å²) in [6.45, 7) is 26.0. The van der Waals surface area contributed by atoms with Crippen molar-refractivity contribution >= 4 is 34.3 Å². The summed E-state index contributed by atoms with van der Waals surface area (Å²) in [5.41, 5.74) is 6.12. The molecule has 2 aromatic carbocycles. The smallest absolute Gasteiger partial charge is 0.341 e. The molecular weight excluding hydrogens is 748 g/mol. The third-order valence-electron chi connectivity index (χ3n) is 10.6. The van der Waals surface area contributed by atoms with Gasteiger partial charge in [0, 0.05) is 61.2 Å². The molecule has 2 aliphatic rings.